The van der Waals surface area contributed by atoms with Gasteiger partial charge < -0.3 is 10.2 Å². The number of halogens is 3. The third kappa shape index (κ3) is 2.74. The van der Waals surface area contributed by atoms with Crippen molar-refractivity contribution in [3.63, 3.8) is 0 Å². The van der Waals surface area contributed by atoms with Gasteiger partial charge in [-0.1, -0.05) is 0 Å². The zero-order valence-electron chi connectivity index (χ0n) is 11.7. The maximum atomic E-state index is 12.7. The molecule has 0 bridgehead atoms. The van der Waals surface area contributed by atoms with E-state index in [1.54, 1.807) is 0 Å². The lowest BCUT2D eigenvalue weighted by Crippen LogP contribution is -2.39. The van der Waals surface area contributed by atoms with Gasteiger partial charge in [0.15, 0.2) is 10.8 Å². The number of nitrogens with one attached hydrogen (secondary N) is 1. The Labute approximate surface area is 124 Å². The highest BCUT2D eigenvalue weighted by atomic mass is 32.1. The molecule has 3 heterocycles. The summed E-state index contributed by atoms with van der Waals surface area (Å²) in [6, 6.07) is 0. The monoisotopic (exact) mass is 318 g/mol. The summed E-state index contributed by atoms with van der Waals surface area (Å²) in [5, 5.41) is 5.06. The van der Waals surface area contributed by atoms with Gasteiger partial charge in [0.1, 0.15) is 0 Å². The van der Waals surface area contributed by atoms with E-state index < -0.39 is 12.1 Å². The van der Waals surface area contributed by atoms with E-state index >= 15 is 0 Å². The van der Waals surface area contributed by atoms with Crippen molar-refractivity contribution in [3.05, 3.63) is 17.3 Å². The van der Waals surface area contributed by atoms with Crippen molar-refractivity contribution >= 4 is 22.1 Å². The number of thiazole rings is 1. The highest BCUT2D eigenvalue weighted by molar-refractivity contribution is 7.15. The van der Waals surface area contributed by atoms with Crippen molar-refractivity contribution in [1.82, 2.24) is 14.7 Å². The normalized spacial score (nSPS) is 17.8. The molecule has 8 heteroatoms. The summed E-state index contributed by atoms with van der Waals surface area (Å²) >= 11 is 1.53. The second-order valence-electron chi connectivity index (χ2n) is 5.27. The smallest absolute Gasteiger partial charge is 0.355 e. The Morgan fingerprint density at radius 2 is 2.10 bits per heavy atom. The quantitative estimate of drug-likeness (QED) is 0.944. The van der Waals surface area contributed by atoms with Crippen molar-refractivity contribution in [2.75, 3.05) is 25.0 Å². The van der Waals surface area contributed by atoms with Gasteiger partial charge in [-0.25, -0.2) is 4.98 Å². The first kappa shape index (κ1) is 14.6. The van der Waals surface area contributed by atoms with Crippen LogP contribution >= 0.6 is 11.3 Å². The van der Waals surface area contributed by atoms with Crippen molar-refractivity contribution < 1.29 is 13.2 Å². The molecule has 0 unspecified atom stereocenters. The highest BCUT2D eigenvalue weighted by Gasteiger charge is 2.41. The highest BCUT2D eigenvalue weighted by Crippen LogP contribution is 2.36. The third-order valence-electron chi connectivity index (χ3n) is 3.94. The Hall–Kier alpha value is -1.28. The molecule has 1 N–H and O–H groups in total. The van der Waals surface area contributed by atoms with Crippen LogP contribution in [0.4, 0.5) is 19.0 Å². The maximum absolute atomic E-state index is 12.7. The Morgan fingerprint density at radius 3 is 2.71 bits per heavy atom. The van der Waals surface area contributed by atoms with Crippen LogP contribution in [0.15, 0.2) is 11.6 Å². The van der Waals surface area contributed by atoms with Crippen LogP contribution in [0, 0.1) is 5.92 Å². The van der Waals surface area contributed by atoms with Crippen molar-refractivity contribution in [2.45, 2.75) is 25.6 Å². The molecule has 3 rings (SSSR count). The van der Waals surface area contributed by atoms with Gasteiger partial charge in [-0.15, -0.1) is 11.3 Å². The fourth-order valence-corrected chi connectivity index (χ4v) is 3.55. The van der Waals surface area contributed by atoms with E-state index in [4.69, 9.17) is 0 Å². The fraction of sp³-hybridized carbons (Fsp3) is 0.615. The van der Waals surface area contributed by atoms with E-state index in [1.165, 1.54) is 11.3 Å². The SMILES string of the molecule is CNCc1c(N2CCC(C(F)(F)F)CC2)nc2sccn12. The predicted octanol–water partition coefficient (Wildman–Crippen LogP) is 2.89. The van der Waals surface area contributed by atoms with E-state index in [0.717, 1.165) is 16.5 Å². The van der Waals surface area contributed by atoms with E-state index in [1.807, 2.05) is 27.9 Å². The molecule has 0 atom stereocenters. The molecule has 1 aliphatic heterocycles. The second kappa shape index (κ2) is 5.49. The number of fused-ring (bicyclic) bond motifs is 1. The number of nitrogens with zero attached hydrogens (tertiary/aromatic N) is 3. The number of imidazole rings is 1. The van der Waals surface area contributed by atoms with Gasteiger partial charge in [-0.3, -0.25) is 4.40 Å². The van der Waals surface area contributed by atoms with E-state index in [9.17, 15) is 13.2 Å². The van der Waals surface area contributed by atoms with Crippen LogP contribution < -0.4 is 10.2 Å². The standard InChI is InChI=1S/C13H17F3N4S/c1-17-8-10-11(18-12-20(10)6-7-21-12)19-4-2-9(3-5-19)13(14,15)16/h6-7,9,17H,2-5,8H2,1H3. The van der Waals surface area contributed by atoms with Gasteiger partial charge >= 0.3 is 6.18 Å². The lowest BCUT2D eigenvalue weighted by molar-refractivity contribution is -0.179. The molecule has 0 aromatic carbocycles. The summed E-state index contributed by atoms with van der Waals surface area (Å²) in [6.07, 6.45) is -1.83. The molecule has 21 heavy (non-hydrogen) atoms. The molecular weight excluding hydrogens is 301 g/mol. The summed E-state index contributed by atoms with van der Waals surface area (Å²) in [7, 11) is 1.85. The molecular formula is C13H17F3N4S. The van der Waals surface area contributed by atoms with E-state index in [-0.39, 0.29) is 12.8 Å². The average molecular weight is 318 g/mol. The summed E-state index contributed by atoms with van der Waals surface area (Å²) in [5.41, 5.74) is 1.01. The average Bonchev–Trinajstić information content (AvgIpc) is 3.01. The van der Waals surface area contributed by atoms with Gasteiger partial charge in [0.2, 0.25) is 0 Å². The van der Waals surface area contributed by atoms with Crippen LogP contribution in [0.3, 0.4) is 0 Å². The Balaban J connectivity index is 1.82. The number of piperidine rings is 1. The van der Waals surface area contributed by atoms with Gasteiger partial charge in [0.25, 0.3) is 0 Å². The van der Waals surface area contributed by atoms with Gasteiger partial charge in [0.05, 0.1) is 11.6 Å². The zero-order valence-corrected chi connectivity index (χ0v) is 12.5. The molecule has 0 saturated carbocycles. The summed E-state index contributed by atoms with van der Waals surface area (Å²) in [4.78, 5) is 7.45. The molecule has 0 spiro atoms. The van der Waals surface area contributed by atoms with Crippen molar-refractivity contribution in [1.29, 1.82) is 0 Å². The maximum Gasteiger partial charge on any atom is 0.391 e. The van der Waals surface area contributed by atoms with Gasteiger partial charge in [-0.05, 0) is 19.9 Å². The summed E-state index contributed by atoms with van der Waals surface area (Å²) in [5.74, 6) is -0.359. The van der Waals surface area contributed by atoms with Crippen LogP contribution in [0.25, 0.3) is 4.96 Å². The number of alkyl halides is 3. The van der Waals surface area contributed by atoms with Crippen LogP contribution in [0.2, 0.25) is 0 Å². The first-order chi connectivity index (χ1) is 10.0. The van der Waals surface area contributed by atoms with Crippen LogP contribution in [-0.2, 0) is 6.54 Å². The third-order valence-corrected chi connectivity index (χ3v) is 4.70. The second-order valence-corrected chi connectivity index (χ2v) is 6.14. The molecule has 0 aliphatic carbocycles. The largest absolute Gasteiger partial charge is 0.391 e. The number of aromatic nitrogens is 2. The van der Waals surface area contributed by atoms with E-state index in [2.05, 4.69) is 10.3 Å². The molecule has 0 radical (unpaired) electrons. The minimum atomic E-state index is -4.07. The summed E-state index contributed by atoms with van der Waals surface area (Å²) in [6.45, 7) is 1.46. The lowest BCUT2D eigenvalue weighted by Gasteiger charge is -2.33. The first-order valence-corrected chi connectivity index (χ1v) is 7.79. The van der Waals surface area contributed by atoms with Crippen molar-refractivity contribution in [2.24, 2.45) is 5.92 Å². The van der Waals surface area contributed by atoms with Crippen LogP contribution in [0.1, 0.15) is 18.5 Å². The predicted molar refractivity (Wildman–Crippen MR) is 76.8 cm³/mol. The molecule has 1 fully saturated rings. The molecule has 0 amide bonds. The molecule has 2 aromatic heterocycles. The molecule has 1 aliphatic rings. The molecule has 4 nitrogen and oxygen atoms in total. The Bertz CT molecular complexity index is 610. The molecule has 1 saturated heterocycles. The first-order valence-electron chi connectivity index (χ1n) is 6.91. The number of rotatable bonds is 3. The fourth-order valence-electron chi connectivity index (χ4n) is 2.82. The number of hydrogen-bond donors (Lipinski definition) is 1. The summed E-state index contributed by atoms with van der Waals surface area (Å²) < 4.78 is 40.2. The minimum Gasteiger partial charge on any atom is -0.355 e. The molecule has 116 valence electrons. The van der Waals surface area contributed by atoms with E-state index in [0.29, 0.717) is 19.6 Å². The zero-order chi connectivity index (χ0) is 15.0. The van der Waals surface area contributed by atoms with Crippen LogP contribution in [0.5, 0.6) is 0 Å². The minimum absolute atomic E-state index is 0.146. The topological polar surface area (TPSA) is 32.6 Å². The van der Waals surface area contributed by atoms with Gasteiger partial charge in [0, 0.05) is 31.2 Å². The number of hydrogen-bond acceptors (Lipinski definition) is 4. The Kier molecular flexibility index (Phi) is 3.83. The van der Waals surface area contributed by atoms with Crippen molar-refractivity contribution in [3.8, 4) is 0 Å². The number of anilines is 1. The van der Waals surface area contributed by atoms with Crippen LogP contribution in [-0.4, -0.2) is 35.7 Å². The van der Waals surface area contributed by atoms with Gasteiger partial charge in [-0.2, -0.15) is 13.2 Å². The lowest BCUT2D eigenvalue weighted by atomic mass is 9.96. The molecule has 2 aromatic rings. The Morgan fingerprint density at radius 1 is 1.38 bits per heavy atom.